The Kier molecular flexibility index (Phi) is 21.9. The maximum absolute atomic E-state index is 10.6. The van der Waals surface area contributed by atoms with Crippen molar-refractivity contribution in [1.29, 1.82) is 0 Å². The molecule has 0 aromatic heterocycles. The number of hydrogen-bond donors (Lipinski definition) is 3. The fourth-order valence-electron chi connectivity index (χ4n) is 2.75. The highest BCUT2D eigenvalue weighted by Gasteiger charge is 2.11. The first-order valence-corrected chi connectivity index (χ1v) is 11.2. The molecule has 0 amide bonds. The number of phenols is 1. The predicted octanol–water partition coefficient (Wildman–Crippen LogP) is 4.49. The monoisotopic (exact) mass is 444 g/mol. The molecular formula is C24H44O7. The van der Waals surface area contributed by atoms with E-state index in [2.05, 4.69) is 6.92 Å². The van der Waals surface area contributed by atoms with Crippen LogP contribution >= 0.6 is 0 Å². The van der Waals surface area contributed by atoms with Crippen LogP contribution < -0.4 is 4.74 Å². The number of benzene rings is 1. The van der Waals surface area contributed by atoms with Crippen molar-refractivity contribution in [2.45, 2.75) is 85.5 Å². The summed E-state index contributed by atoms with van der Waals surface area (Å²) in [5.74, 6) is 0.469. The maximum atomic E-state index is 10.6. The van der Waals surface area contributed by atoms with Crippen molar-refractivity contribution in [3.05, 3.63) is 23.3 Å². The SMILES string of the molecule is CCCCCCC(O)CO.CCOC(C)OCC.CCc1c(C=O)ccc(O)c1OC. The fraction of sp³-hybridized carbons (Fsp3) is 0.708. The summed E-state index contributed by atoms with van der Waals surface area (Å²) in [5, 5.41) is 26.8. The minimum Gasteiger partial charge on any atom is -0.504 e. The first-order valence-electron chi connectivity index (χ1n) is 11.2. The topological polar surface area (TPSA) is 105 Å². The van der Waals surface area contributed by atoms with Crippen LogP contribution in [0.3, 0.4) is 0 Å². The van der Waals surface area contributed by atoms with Gasteiger partial charge >= 0.3 is 0 Å². The second-order valence-electron chi connectivity index (χ2n) is 6.82. The van der Waals surface area contributed by atoms with E-state index in [9.17, 15) is 9.90 Å². The lowest BCUT2D eigenvalue weighted by Crippen LogP contribution is -2.11. The van der Waals surface area contributed by atoms with E-state index in [0.717, 1.165) is 37.9 Å². The number of aliphatic hydroxyl groups excluding tert-OH is 2. The second kappa shape index (κ2) is 21.6. The van der Waals surface area contributed by atoms with Crippen molar-refractivity contribution in [2.75, 3.05) is 26.9 Å². The number of phenolic OH excluding ortho intramolecular Hbond substituents is 1. The van der Waals surface area contributed by atoms with Gasteiger partial charge in [-0.05, 0) is 45.7 Å². The number of ether oxygens (including phenoxy) is 3. The van der Waals surface area contributed by atoms with Gasteiger partial charge in [-0.1, -0.05) is 39.5 Å². The standard InChI is InChI=1S/C10H12O3.C8H18O2.C6H14O2/c1-3-8-7(6-11)4-5-9(12)10(8)13-2;1-2-3-4-5-6-8(10)7-9;1-4-7-6(3)8-5-2/h4-6,12H,3H2,1-2H3;8-10H,2-7H2,1H3;6H,4-5H2,1-3H3. The van der Waals surface area contributed by atoms with E-state index in [1.807, 2.05) is 27.7 Å². The zero-order chi connectivity index (χ0) is 24.1. The molecule has 1 aromatic carbocycles. The molecular weight excluding hydrogens is 400 g/mol. The molecule has 0 saturated carbocycles. The Morgan fingerprint density at radius 3 is 2.06 bits per heavy atom. The Labute approximate surface area is 188 Å². The van der Waals surface area contributed by atoms with E-state index in [-0.39, 0.29) is 18.6 Å². The minimum absolute atomic E-state index is 0.0370. The number of methoxy groups -OCH3 is 1. The molecule has 31 heavy (non-hydrogen) atoms. The Balaban J connectivity index is 0. The van der Waals surface area contributed by atoms with E-state index in [4.69, 9.17) is 24.4 Å². The molecule has 3 N–H and O–H groups in total. The third-order valence-corrected chi connectivity index (χ3v) is 4.36. The van der Waals surface area contributed by atoms with Gasteiger partial charge in [0.15, 0.2) is 17.8 Å². The lowest BCUT2D eigenvalue weighted by atomic mass is 10.0. The van der Waals surface area contributed by atoms with Crippen molar-refractivity contribution in [2.24, 2.45) is 0 Å². The smallest absolute Gasteiger partial charge is 0.164 e. The molecule has 0 fully saturated rings. The summed E-state index contributed by atoms with van der Waals surface area (Å²) in [7, 11) is 1.47. The van der Waals surface area contributed by atoms with Gasteiger partial charge in [0, 0.05) is 24.3 Å². The quantitative estimate of drug-likeness (QED) is 0.234. The largest absolute Gasteiger partial charge is 0.504 e. The zero-order valence-corrected chi connectivity index (χ0v) is 20.2. The van der Waals surface area contributed by atoms with Crippen LogP contribution in [0.1, 0.15) is 82.6 Å². The van der Waals surface area contributed by atoms with Crippen molar-refractivity contribution < 1.29 is 34.3 Å². The lowest BCUT2D eigenvalue weighted by molar-refractivity contribution is -0.123. The van der Waals surface area contributed by atoms with Gasteiger partial charge in [0.05, 0.1) is 19.8 Å². The normalized spacial score (nSPS) is 11.1. The highest BCUT2D eigenvalue weighted by molar-refractivity contribution is 5.79. The molecule has 1 unspecified atom stereocenters. The van der Waals surface area contributed by atoms with Gasteiger partial charge in [-0.25, -0.2) is 0 Å². The highest BCUT2D eigenvalue weighted by Crippen LogP contribution is 2.32. The van der Waals surface area contributed by atoms with Gasteiger partial charge in [0.2, 0.25) is 0 Å². The van der Waals surface area contributed by atoms with Crippen LogP contribution in [0.15, 0.2) is 12.1 Å². The highest BCUT2D eigenvalue weighted by atomic mass is 16.7. The van der Waals surface area contributed by atoms with Crippen LogP contribution in [0, 0.1) is 0 Å². The Morgan fingerprint density at radius 2 is 1.65 bits per heavy atom. The van der Waals surface area contributed by atoms with Gasteiger partial charge in [0.1, 0.15) is 6.29 Å². The number of hydrogen-bond acceptors (Lipinski definition) is 7. The molecule has 0 bridgehead atoms. The zero-order valence-electron chi connectivity index (χ0n) is 20.2. The fourth-order valence-corrected chi connectivity index (χ4v) is 2.75. The van der Waals surface area contributed by atoms with Crippen LogP contribution in [0.5, 0.6) is 11.5 Å². The van der Waals surface area contributed by atoms with Crippen molar-refractivity contribution in [3.63, 3.8) is 0 Å². The first-order chi connectivity index (χ1) is 14.9. The molecule has 0 heterocycles. The number of aromatic hydroxyl groups is 1. The van der Waals surface area contributed by atoms with Crippen molar-refractivity contribution in [3.8, 4) is 11.5 Å². The van der Waals surface area contributed by atoms with Crippen LogP contribution in [-0.4, -0.2) is 60.9 Å². The Hall–Kier alpha value is -1.67. The molecule has 182 valence electrons. The molecule has 0 aliphatic carbocycles. The van der Waals surface area contributed by atoms with Gasteiger partial charge < -0.3 is 29.5 Å². The van der Waals surface area contributed by atoms with E-state index in [1.165, 1.54) is 32.4 Å². The van der Waals surface area contributed by atoms with E-state index in [1.54, 1.807) is 6.07 Å². The van der Waals surface area contributed by atoms with Gasteiger partial charge in [-0.3, -0.25) is 4.79 Å². The number of rotatable bonds is 13. The summed E-state index contributed by atoms with van der Waals surface area (Å²) in [6.45, 7) is 11.2. The average molecular weight is 445 g/mol. The number of unbranched alkanes of at least 4 members (excludes halogenated alkanes) is 3. The van der Waals surface area contributed by atoms with Gasteiger partial charge in [0.25, 0.3) is 0 Å². The van der Waals surface area contributed by atoms with E-state index < -0.39 is 6.10 Å². The van der Waals surface area contributed by atoms with Crippen LogP contribution in [0.4, 0.5) is 0 Å². The average Bonchev–Trinajstić information content (AvgIpc) is 2.77. The van der Waals surface area contributed by atoms with Gasteiger partial charge in [-0.2, -0.15) is 0 Å². The molecule has 7 nitrogen and oxygen atoms in total. The van der Waals surface area contributed by atoms with Crippen LogP contribution in [-0.2, 0) is 15.9 Å². The molecule has 7 heteroatoms. The summed E-state index contributed by atoms with van der Waals surface area (Å²) < 4.78 is 15.1. The predicted molar refractivity (Wildman–Crippen MR) is 124 cm³/mol. The van der Waals surface area contributed by atoms with Gasteiger partial charge in [-0.15, -0.1) is 0 Å². The van der Waals surface area contributed by atoms with Crippen molar-refractivity contribution >= 4 is 6.29 Å². The number of carbonyl (C=O) groups is 1. The molecule has 1 aromatic rings. The van der Waals surface area contributed by atoms with Crippen LogP contribution in [0.25, 0.3) is 0 Å². The summed E-state index contributed by atoms with van der Waals surface area (Å²) in [5.41, 5.74) is 1.31. The molecule has 0 aliphatic heterocycles. The first kappa shape index (κ1) is 31.5. The molecule has 1 rings (SSSR count). The number of aldehydes is 1. The van der Waals surface area contributed by atoms with Crippen molar-refractivity contribution in [1.82, 2.24) is 0 Å². The summed E-state index contributed by atoms with van der Waals surface area (Å²) in [4.78, 5) is 10.6. The molecule has 0 aliphatic rings. The Morgan fingerprint density at radius 1 is 1.03 bits per heavy atom. The Bertz CT molecular complexity index is 543. The third-order valence-electron chi connectivity index (χ3n) is 4.36. The molecule has 0 radical (unpaired) electrons. The number of carbonyl (C=O) groups excluding carboxylic acids is 1. The molecule has 1 atom stereocenters. The molecule has 0 spiro atoms. The lowest BCUT2D eigenvalue weighted by Gasteiger charge is -2.10. The molecule has 0 saturated heterocycles. The maximum Gasteiger partial charge on any atom is 0.164 e. The van der Waals surface area contributed by atoms with Crippen LogP contribution in [0.2, 0.25) is 0 Å². The minimum atomic E-state index is -0.489. The summed E-state index contributed by atoms with van der Waals surface area (Å²) in [6.07, 6.45) is 6.31. The van der Waals surface area contributed by atoms with E-state index in [0.29, 0.717) is 17.7 Å². The second-order valence-corrected chi connectivity index (χ2v) is 6.82. The third kappa shape index (κ3) is 15.7. The summed E-state index contributed by atoms with van der Waals surface area (Å²) in [6, 6.07) is 3.05. The number of aliphatic hydroxyl groups is 2. The summed E-state index contributed by atoms with van der Waals surface area (Å²) >= 11 is 0. The van der Waals surface area contributed by atoms with E-state index >= 15 is 0 Å².